The summed E-state index contributed by atoms with van der Waals surface area (Å²) in [4.78, 5) is 52.2. The molecule has 190 valence electrons. The smallest absolute Gasteiger partial charge is 0.327 e. The fourth-order valence-electron chi connectivity index (χ4n) is 5.39. The van der Waals surface area contributed by atoms with Gasteiger partial charge in [0.25, 0.3) is 5.69 Å². The van der Waals surface area contributed by atoms with E-state index in [1.165, 1.54) is 18.2 Å². The minimum atomic E-state index is -2.09. The van der Waals surface area contributed by atoms with Crippen molar-refractivity contribution in [2.45, 2.75) is 37.8 Å². The van der Waals surface area contributed by atoms with Gasteiger partial charge in [-0.2, -0.15) is 0 Å². The summed E-state index contributed by atoms with van der Waals surface area (Å²) >= 11 is 3.44. The van der Waals surface area contributed by atoms with Gasteiger partial charge in [-0.15, -0.1) is 0 Å². The first-order chi connectivity index (χ1) is 17.2. The maximum absolute atomic E-state index is 13.9. The maximum atomic E-state index is 13.9. The first-order valence-electron chi connectivity index (χ1n) is 11.5. The van der Waals surface area contributed by atoms with Crippen LogP contribution in [0.5, 0.6) is 0 Å². The Morgan fingerprint density at radius 3 is 2.31 bits per heavy atom. The number of hydrogen-bond acceptors (Lipinski definition) is 9. The van der Waals surface area contributed by atoms with E-state index in [2.05, 4.69) is 21.2 Å². The third-order valence-corrected chi connectivity index (χ3v) is 7.22. The molecule has 2 fully saturated rings. The van der Waals surface area contributed by atoms with Gasteiger partial charge < -0.3 is 14.2 Å². The molecule has 1 unspecified atom stereocenters. The molecule has 36 heavy (non-hydrogen) atoms. The molecule has 1 N–H and O–H groups in total. The number of esters is 3. The molecule has 0 bridgehead atoms. The minimum absolute atomic E-state index is 0.0374. The molecule has 0 aliphatic carbocycles. The van der Waals surface area contributed by atoms with Crippen molar-refractivity contribution < 1.29 is 33.5 Å². The van der Waals surface area contributed by atoms with Crippen LogP contribution < -0.4 is 5.32 Å². The highest BCUT2D eigenvalue weighted by Crippen LogP contribution is 2.61. The summed E-state index contributed by atoms with van der Waals surface area (Å²) in [5.41, 5.74) is -3.04. The lowest BCUT2D eigenvalue weighted by molar-refractivity contribution is -0.385. The summed E-state index contributed by atoms with van der Waals surface area (Å²) in [6.07, 6.45) is 0.162. The molecule has 0 aromatic heterocycles. The van der Waals surface area contributed by atoms with Crippen molar-refractivity contribution in [3.05, 3.63) is 74.2 Å². The van der Waals surface area contributed by atoms with Crippen LogP contribution in [0.4, 0.5) is 5.69 Å². The molecule has 2 heterocycles. The number of benzene rings is 2. The van der Waals surface area contributed by atoms with Crippen molar-refractivity contribution in [2.24, 2.45) is 5.41 Å². The number of nitro benzene ring substituents is 1. The fraction of sp³-hybridized carbons (Fsp3) is 0.400. The van der Waals surface area contributed by atoms with Crippen LogP contribution in [-0.2, 0) is 28.6 Å². The van der Waals surface area contributed by atoms with Gasteiger partial charge in [0.15, 0.2) is 5.41 Å². The SMILES string of the molecule is CCOC(=O)C1(C(=O)OCC)C(c2cccc(Br)c2)[C@]2(CCOC2=O)N[C@H]1c1cccc([N+](=O)[O-])c1. The number of nitrogens with one attached hydrogen (secondary N) is 1. The van der Waals surface area contributed by atoms with E-state index in [0.29, 0.717) is 10.0 Å². The molecular weight excluding hydrogens is 536 g/mol. The van der Waals surface area contributed by atoms with E-state index in [0.717, 1.165) is 0 Å². The van der Waals surface area contributed by atoms with Gasteiger partial charge >= 0.3 is 17.9 Å². The van der Waals surface area contributed by atoms with Crippen LogP contribution in [0, 0.1) is 15.5 Å². The number of hydrogen-bond donors (Lipinski definition) is 1. The Kier molecular flexibility index (Phi) is 7.14. The summed E-state index contributed by atoms with van der Waals surface area (Å²) in [7, 11) is 0. The van der Waals surface area contributed by atoms with Crippen molar-refractivity contribution in [3.63, 3.8) is 0 Å². The average molecular weight is 561 g/mol. The second kappa shape index (κ2) is 9.98. The molecule has 2 aromatic rings. The van der Waals surface area contributed by atoms with Crippen molar-refractivity contribution >= 4 is 39.5 Å². The molecular formula is C25H25BrN2O8. The van der Waals surface area contributed by atoms with Gasteiger partial charge in [0.05, 0.1) is 30.8 Å². The number of rotatable bonds is 7. The number of cyclic esters (lactones) is 1. The quantitative estimate of drug-likeness (QED) is 0.177. The lowest BCUT2D eigenvalue weighted by Gasteiger charge is -2.37. The summed E-state index contributed by atoms with van der Waals surface area (Å²) < 4.78 is 17.0. The fourth-order valence-corrected chi connectivity index (χ4v) is 5.81. The van der Waals surface area contributed by atoms with Crippen molar-refractivity contribution in [1.29, 1.82) is 0 Å². The Bertz CT molecular complexity index is 1200. The van der Waals surface area contributed by atoms with E-state index in [9.17, 15) is 24.5 Å². The van der Waals surface area contributed by atoms with Gasteiger partial charge in [-0.3, -0.25) is 29.8 Å². The van der Waals surface area contributed by atoms with Crippen molar-refractivity contribution in [1.82, 2.24) is 5.32 Å². The normalized spacial score (nSPS) is 24.4. The maximum Gasteiger partial charge on any atom is 0.327 e. The zero-order chi connectivity index (χ0) is 26.1. The zero-order valence-electron chi connectivity index (χ0n) is 19.7. The molecule has 1 spiro atoms. The van der Waals surface area contributed by atoms with Crippen LogP contribution in [0.25, 0.3) is 0 Å². The summed E-state index contributed by atoms with van der Waals surface area (Å²) in [5, 5.41) is 14.8. The van der Waals surface area contributed by atoms with Gasteiger partial charge in [0.1, 0.15) is 5.54 Å². The topological polar surface area (TPSA) is 134 Å². The predicted molar refractivity (Wildman–Crippen MR) is 130 cm³/mol. The molecule has 3 atom stereocenters. The van der Waals surface area contributed by atoms with Crippen molar-refractivity contribution in [2.75, 3.05) is 19.8 Å². The van der Waals surface area contributed by atoms with Gasteiger partial charge in [0.2, 0.25) is 0 Å². The highest BCUT2D eigenvalue weighted by atomic mass is 79.9. The molecule has 10 nitrogen and oxygen atoms in total. The zero-order valence-corrected chi connectivity index (χ0v) is 21.3. The lowest BCUT2D eigenvalue weighted by atomic mass is 9.62. The Morgan fingerprint density at radius 2 is 1.75 bits per heavy atom. The molecule has 4 rings (SSSR count). The molecule has 2 saturated heterocycles. The summed E-state index contributed by atoms with van der Waals surface area (Å²) in [6, 6.07) is 11.4. The number of ether oxygens (including phenoxy) is 3. The van der Waals surface area contributed by atoms with E-state index < -0.39 is 45.7 Å². The summed E-state index contributed by atoms with van der Waals surface area (Å²) in [5.74, 6) is -3.51. The highest BCUT2D eigenvalue weighted by Gasteiger charge is 2.75. The minimum Gasteiger partial charge on any atom is -0.465 e. The number of non-ortho nitro benzene ring substituents is 1. The van der Waals surface area contributed by atoms with Crippen LogP contribution in [0.3, 0.4) is 0 Å². The second-order valence-electron chi connectivity index (χ2n) is 8.58. The third-order valence-electron chi connectivity index (χ3n) is 6.72. The van der Waals surface area contributed by atoms with E-state index in [1.807, 2.05) is 0 Å². The lowest BCUT2D eigenvalue weighted by Crippen LogP contribution is -2.52. The number of halogens is 1. The monoisotopic (exact) mass is 560 g/mol. The second-order valence-corrected chi connectivity index (χ2v) is 9.50. The largest absolute Gasteiger partial charge is 0.465 e. The molecule has 2 aliphatic heterocycles. The van der Waals surface area contributed by atoms with E-state index in [4.69, 9.17) is 14.2 Å². The molecule has 2 aromatic carbocycles. The molecule has 0 saturated carbocycles. The Balaban J connectivity index is 2.08. The number of nitrogens with zero attached hydrogens (tertiary/aromatic N) is 1. The van der Waals surface area contributed by atoms with Crippen molar-refractivity contribution in [3.8, 4) is 0 Å². The van der Waals surface area contributed by atoms with Crippen LogP contribution >= 0.6 is 15.9 Å². The van der Waals surface area contributed by atoms with Gasteiger partial charge in [0, 0.05) is 28.9 Å². The molecule has 2 aliphatic rings. The Morgan fingerprint density at radius 1 is 1.11 bits per heavy atom. The number of carbonyl (C=O) groups excluding carboxylic acids is 3. The third kappa shape index (κ3) is 3.96. The summed E-state index contributed by atoms with van der Waals surface area (Å²) in [6.45, 7) is 3.21. The molecule has 0 radical (unpaired) electrons. The Hall–Kier alpha value is -3.31. The van der Waals surface area contributed by atoms with Gasteiger partial charge in [-0.1, -0.05) is 40.2 Å². The van der Waals surface area contributed by atoms with Crippen LogP contribution in [0.1, 0.15) is 43.4 Å². The van der Waals surface area contributed by atoms with E-state index in [1.54, 1.807) is 44.2 Å². The standard InChI is InChI=1S/C25H25BrN2O8/c1-3-34-22(30)25(23(31)35-4-2)19(15-7-5-9-17(26)13-15)24(11-12-36-21(24)29)27-20(25)16-8-6-10-18(14-16)28(32)33/h5-10,13-14,19-20,27H,3-4,11-12H2,1-2H3/t19?,20-,24-/m0/s1. The first kappa shape index (κ1) is 25.8. The van der Waals surface area contributed by atoms with Gasteiger partial charge in [-0.25, -0.2) is 0 Å². The number of nitro groups is 1. The molecule has 0 amide bonds. The average Bonchev–Trinajstić information content (AvgIpc) is 3.37. The van der Waals surface area contributed by atoms with E-state index >= 15 is 0 Å². The van der Waals surface area contributed by atoms with Crippen LogP contribution in [0.15, 0.2) is 53.0 Å². The van der Waals surface area contributed by atoms with Crippen LogP contribution in [-0.4, -0.2) is 48.2 Å². The first-order valence-corrected chi connectivity index (χ1v) is 12.3. The molecule has 11 heteroatoms. The predicted octanol–water partition coefficient (Wildman–Crippen LogP) is 3.58. The highest BCUT2D eigenvalue weighted by molar-refractivity contribution is 9.10. The Labute approximate surface area is 215 Å². The van der Waals surface area contributed by atoms with Gasteiger partial charge in [-0.05, 0) is 37.1 Å². The van der Waals surface area contributed by atoms with Crippen LogP contribution in [0.2, 0.25) is 0 Å². The van der Waals surface area contributed by atoms with E-state index in [-0.39, 0.29) is 37.5 Å². The number of carbonyl (C=O) groups is 3.